The van der Waals surface area contributed by atoms with E-state index < -0.39 is 15.9 Å². The van der Waals surface area contributed by atoms with E-state index in [2.05, 4.69) is 15.2 Å². The van der Waals surface area contributed by atoms with Crippen LogP contribution in [-0.2, 0) is 21.2 Å². The van der Waals surface area contributed by atoms with Crippen LogP contribution < -0.4 is 10.0 Å². The van der Waals surface area contributed by atoms with Crippen LogP contribution in [0.4, 0.5) is 0 Å². The number of carbonyl (C=O) groups excluding carboxylic acids is 1. The van der Waals surface area contributed by atoms with E-state index in [0.29, 0.717) is 18.0 Å². The van der Waals surface area contributed by atoms with Crippen molar-refractivity contribution in [2.45, 2.75) is 17.7 Å². The average Bonchev–Trinajstić information content (AvgIpc) is 3.03. The molecule has 0 saturated carbocycles. The number of aromatic nitrogens is 1. The van der Waals surface area contributed by atoms with Gasteiger partial charge in [0.05, 0.1) is 17.6 Å². The Balaban J connectivity index is 1.73. The fourth-order valence-corrected chi connectivity index (χ4v) is 3.09. The van der Waals surface area contributed by atoms with E-state index in [-0.39, 0.29) is 11.4 Å². The number of nitrogens with zero attached hydrogens (tertiary/aromatic N) is 1. The highest BCUT2D eigenvalue weighted by Gasteiger charge is 2.15. The van der Waals surface area contributed by atoms with Gasteiger partial charge >= 0.3 is 0 Å². The van der Waals surface area contributed by atoms with Crippen LogP contribution in [0.3, 0.4) is 0 Å². The van der Waals surface area contributed by atoms with Crippen molar-refractivity contribution >= 4 is 27.5 Å². The van der Waals surface area contributed by atoms with Gasteiger partial charge in [0.2, 0.25) is 15.9 Å². The molecule has 0 bridgehead atoms. The Kier molecular flexibility index (Phi) is 6.14. The molecule has 0 atom stereocenters. The molecule has 0 aliphatic carbocycles. The van der Waals surface area contributed by atoms with Crippen LogP contribution in [0.25, 0.3) is 0 Å². The van der Waals surface area contributed by atoms with Gasteiger partial charge in [-0.25, -0.2) is 13.1 Å². The van der Waals surface area contributed by atoms with Gasteiger partial charge in [-0.15, -0.1) is 0 Å². The molecule has 7 nitrogen and oxygen atoms in total. The van der Waals surface area contributed by atoms with Crippen molar-refractivity contribution in [3.63, 3.8) is 0 Å². The van der Waals surface area contributed by atoms with Gasteiger partial charge in [0.25, 0.3) is 0 Å². The fraction of sp³-hybridized carbons (Fsp3) is 0.286. The fourth-order valence-electron chi connectivity index (χ4n) is 1.81. The maximum absolute atomic E-state index is 12.0. The summed E-state index contributed by atoms with van der Waals surface area (Å²) in [5, 5.41) is 6.53. The van der Waals surface area contributed by atoms with Crippen LogP contribution in [-0.4, -0.2) is 32.6 Å². The number of carbonyl (C=O) groups is 1. The molecule has 0 saturated heterocycles. The summed E-state index contributed by atoms with van der Waals surface area (Å²) >= 11 is 5.76. The smallest absolute Gasteiger partial charge is 0.241 e. The van der Waals surface area contributed by atoms with Crippen molar-refractivity contribution in [2.75, 3.05) is 13.1 Å². The first kappa shape index (κ1) is 17.5. The number of halogens is 1. The number of rotatable bonds is 8. The Labute approximate surface area is 139 Å². The third-order valence-corrected chi connectivity index (χ3v) is 4.61. The summed E-state index contributed by atoms with van der Waals surface area (Å²) in [7, 11) is -3.76. The molecule has 2 rings (SSSR count). The highest BCUT2D eigenvalue weighted by Crippen LogP contribution is 2.14. The van der Waals surface area contributed by atoms with Gasteiger partial charge in [-0.1, -0.05) is 22.8 Å². The van der Waals surface area contributed by atoms with Gasteiger partial charge in [-0.3, -0.25) is 4.79 Å². The van der Waals surface area contributed by atoms with E-state index in [1.807, 2.05) is 0 Å². The zero-order chi connectivity index (χ0) is 16.7. The number of benzene rings is 1. The summed E-state index contributed by atoms with van der Waals surface area (Å²) in [6, 6.07) is 5.83. The van der Waals surface area contributed by atoms with E-state index >= 15 is 0 Å². The number of nitrogens with one attached hydrogen (secondary N) is 2. The third-order valence-electron chi connectivity index (χ3n) is 2.98. The largest absolute Gasteiger partial charge is 0.364 e. The molecule has 0 radical (unpaired) electrons. The number of hydrogen-bond donors (Lipinski definition) is 2. The van der Waals surface area contributed by atoms with Gasteiger partial charge in [-0.05, 0) is 31.0 Å². The molecule has 1 amide bonds. The van der Waals surface area contributed by atoms with E-state index in [0.717, 1.165) is 12.0 Å². The monoisotopic (exact) mass is 357 g/mol. The van der Waals surface area contributed by atoms with Gasteiger partial charge in [0, 0.05) is 17.1 Å². The zero-order valence-electron chi connectivity index (χ0n) is 12.2. The van der Waals surface area contributed by atoms with E-state index in [9.17, 15) is 13.2 Å². The van der Waals surface area contributed by atoms with E-state index in [1.54, 1.807) is 18.5 Å². The summed E-state index contributed by atoms with van der Waals surface area (Å²) in [6.45, 7) is 0.102. The summed E-state index contributed by atoms with van der Waals surface area (Å²) in [5.74, 6) is -0.402. The molecule has 2 N–H and O–H groups in total. The van der Waals surface area contributed by atoms with E-state index in [1.165, 1.54) is 18.2 Å². The lowest BCUT2D eigenvalue weighted by Crippen LogP contribution is -2.37. The molecule has 124 valence electrons. The molecule has 23 heavy (non-hydrogen) atoms. The standard InChI is InChI=1S/C14H16ClN3O4S/c15-12-4-1-5-13(7-12)23(20,21)18-9-14(19)16-6-2-3-11-8-17-22-10-11/h1,4-5,7-8,10,18H,2-3,6,9H2,(H,16,19). The summed E-state index contributed by atoms with van der Waals surface area (Å²) < 4.78 is 30.9. The number of sulfonamides is 1. The highest BCUT2D eigenvalue weighted by atomic mass is 35.5. The second-order valence-electron chi connectivity index (χ2n) is 4.77. The minimum Gasteiger partial charge on any atom is -0.364 e. The summed E-state index contributed by atoms with van der Waals surface area (Å²) in [5.41, 5.74) is 0.945. The SMILES string of the molecule is O=C(CNS(=O)(=O)c1cccc(Cl)c1)NCCCc1cnoc1. The number of hydrogen-bond acceptors (Lipinski definition) is 5. The zero-order valence-corrected chi connectivity index (χ0v) is 13.7. The van der Waals surface area contributed by atoms with Crippen LogP contribution in [0.1, 0.15) is 12.0 Å². The summed E-state index contributed by atoms with van der Waals surface area (Å²) in [4.78, 5) is 11.7. The van der Waals surface area contributed by atoms with Gasteiger partial charge in [-0.2, -0.15) is 0 Å². The first-order chi connectivity index (χ1) is 11.0. The predicted molar refractivity (Wildman–Crippen MR) is 84.5 cm³/mol. The van der Waals surface area contributed by atoms with Crippen LogP contribution in [0.15, 0.2) is 46.1 Å². The van der Waals surface area contributed by atoms with Gasteiger partial charge < -0.3 is 9.84 Å². The van der Waals surface area contributed by atoms with Gasteiger partial charge in [0.1, 0.15) is 6.26 Å². The lowest BCUT2D eigenvalue weighted by Gasteiger charge is -2.08. The Morgan fingerprint density at radius 3 is 2.87 bits per heavy atom. The molecule has 1 aromatic heterocycles. The molecule has 0 aliphatic heterocycles. The topological polar surface area (TPSA) is 101 Å². The number of aryl methyl sites for hydroxylation is 1. The molecule has 0 unspecified atom stereocenters. The van der Waals surface area contributed by atoms with Crippen molar-refractivity contribution in [1.29, 1.82) is 0 Å². The van der Waals surface area contributed by atoms with Crippen LogP contribution in [0.2, 0.25) is 5.02 Å². The van der Waals surface area contributed by atoms with Crippen LogP contribution in [0, 0.1) is 0 Å². The number of amides is 1. The van der Waals surface area contributed by atoms with Crippen molar-refractivity contribution in [3.8, 4) is 0 Å². The van der Waals surface area contributed by atoms with Gasteiger partial charge in [0.15, 0.2) is 0 Å². The molecule has 1 heterocycles. The second-order valence-corrected chi connectivity index (χ2v) is 6.97. The van der Waals surface area contributed by atoms with Crippen molar-refractivity contribution < 1.29 is 17.7 Å². The van der Waals surface area contributed by atoms with Crippen molar-refractivity contribution in [2.24, 2.45) is 0 Å². The third kappa shape index (κ3) is 5.66. The van der Waals surface area contributed by atoms with Crippen LogP contribution >= 0.6 is 11.6 Å². The lowest BCUT2D eigenvalue weighted by molar-refractivity contribution is -0.119. The normalized spacial score (nSPS) is 11.3. The lowest BCUT2D eigenvalue weighted by atomic mass is 10.2. The molecular formula is C14H16ClN3O4S. The molecule has 0 fully saturated rings. The molecule has 1 aromatic carbocycles. The van der Waals surface area contributed by atoms with Crippen LogP contribution in [0.5, 0.6) is 0 Å². The van der Waals surface area contributed by atoms with Crippen molar-refractivity contribution in [3.05, 3.63) is 47.3 Å². The molecule has 2 aromatic rings. The maximum Gasteiger partial charge on any atom is 0.241 e. The molecule has 9 heteroatoms. The molecular weight excluding hydrogens is 342 g/mol. The quantitative estimate of drug-likeness (QED) is 0.694. The first-order valence-electron chi connectivity index (χ1n) is 6.87. The van der Waals surface area contributed by atoms with Crippen molar-refractivity contribution in [1.82, 2.24) is 15.2 Å². The Bertz CT molecular complexity index is 747. The molecule has 0 spiro atoms. The van der Waals surface area contributed by atoms with E-state index in [4.69, 9.17) is 16.1 Å². The highest BCUT2D eigenvalue weighted by molar-refractivity contribution is 7.89. The summed E-state index contributed by atoms with van der Waals surface area (Å²) in [6.07, 6.45) is 4.58. The first-order valence-corrected chi connectivity index (χ1v) is 8.74. The Morgan fingerprint density at radius 2 is 2.17 bits per heavy atom. The Morgan fingerprint density at radius 1 is 1.35 bits per heavy atom. The minimum atomic E-state index is -3.76. The minimum absolute atomic E-state index is 0.0188. The molecule has 0 aliphatic rings. The predicted octanol–water partition coefficient (Wildman–Crippen LogP) is 1.36. The average molecular weight is 358 g/mol. The second kappa shape index (κ2) is 8.09. The maximum atomic E-state index is 12.0. The Hall–Kier alpha value is -1.90.